The third kappa shape index (κ3) is 1.67. The molecule has 3 nitrogen and oxygen atoms in total. The second-order valence-electron chi connectivity index (χ2n) is 2.99. The van der Waals surface area contributed by atoms with E-state index < -0.39 is 0 Å². The highest BCUT2D eigenvalue weighted by molar-refractivity contribution is 8.02. The number of nitrogens with zero attached hydrogens (tertiary/aromatic N) is 1. The minimum atomic E-state index is -0.0304. The molecule has 4 heteroatoms. The van der Waals surface area contributed by atoms with Crippen molar-refractivity contribution in [3.05, 3.63) is 22.6 Å². The normalized spacial score (nSPS) is 21.9. The smallest absolute Gasteiger partial charge is 0.257 e. The van der Waals surface area contributed by atoms with E-state index in [9.17, 15) is 4.79 Å². The monoisotopic (exact) mass is 194 g/mol. The van der Waals surface area contributed by atoms with Crippen LogP contribution < -0.4 is 5.32 Å². The van der Waals surface area contributed by atoms with Gasteiger partial charge in [0.2, 0.25) is 0 Å². The van der Waals surface area contributed by atoms with Gasteiger partial charge in [0.25, 0.3) is 5.91 Å². The van der Waals surface area contributed by atoms with Crippen LogP contribution in [0.25, 0.3) is 0 Å². The quantitative estimate of drug-likeness (QED) is 0.597. The van der Waals surface area contributed by atoms with Crippen LogP contribution in [0.15, 0.2) is 27.0 Å². The fraction of sp³-hybridized carbons (Fsp3) is 0.333. The van der Waals surface area contributed by atoms with Gasteiger partial charge >= 0.3 is 0 Å². The summed E-state index contributed by atoms with van der Waals surface area (Å²) in [5.74, 6) is 0.642. The van der Waals surface area contributed by atoms with E-state index in [0.29, 0.717) is 5.84 Å². The Hall–Kier alpha value is -1.03. The third-order valence-corrected chi connectivity index (χ3v) is 2.88. The lowest BCUT2D eigenvalue weighted by Gasteiger charge is -2.09. The van der Waals surface area contributed by atoms with Crippen molar-refractivity contribution in [2.24, 2.45) is 4.40 Å². The van der Waals surface area contributed by atoms with Gasteiger partial charge in [-0.15, -0.1) is 0 Å². The molecule has 0 aromatic heterocycles. The maximum absolute atomic E-state index is 11.5. The van der Waals surface area contributed by atoms with E-state index in [0.717, 1.165) is 23.3 Å². The third-order valence-electron chi connectivity index (χ3n) is 1.93. The molecule has 1 N–H and O–H groups in total. The summed E-state index contributed by atoms with van der Waals surface area (Å²) in [6.45, 7) is 1.79. The predicted octanol–water partition coefficient (Wildman–Crippen LogP) is 1.79. The van der Waals surface area contributed by atoms with Crippen molar-refractivity contribution in [1.29, 1.82) is 0 Å². The van der Waals surface area contributed by atoms with Crippen LogP contribution in [-0.2, 0) is 4.79 Å². The van der Waals surface area contributed by atoms with Crippen molar-refractivity contribution < 1.29 is 4.79 Å². The van der Waals surface area contributed by atoms with Gasteiger partial charge in [0.05, 0.1) is 5.57 Å². The Balaban J connectivity index is 2.35. The summed E-state index contributed by atoms with van der Waals surface area (Å²) < 4.78 is 4.15. The fourth-order valence-electron chi connectivity index (χ4n) is 1.32. The standard InChI is InChI=1S/C9H10N2OS/c1-6-10-9(12)7-4-2-3-5-8(7)13-11-6/h4-5H,2-3H2,1H3,(H,10,11,12). The molecule has 0 atom stereocenters. The van der Waals surface area contributed by atoms with Gasteiger partial charge in [-0.1, -0.05) is 12.2 Å². The zero-order valence-electron chi connectivity index (χ0n) is 7.33. The molecule has 0 aromatic carbocycles. The van der Waals surface area contributed by atoms with Crippen LogP contribution in [-0.4, -0.2) is 11.7 Å². The molecule has 0 fully saturated rings. The fourth-order valence-corrected chi connectivity index (χ4v) is 2.06. The summed E-state index contributed by atoms with van der Waals surface area (Å²) in [6, 6.07) is 0. The lowest BCUT2D eigenvalue weighted by atomic mass is 10.1. The highest BCUT2D eigenvalue weighted by atomic mass is 32.2. The molecule has 0 bridgehead atoms. The molecule has 0 unspecified atom stereocenters. The molecule has 0 saturated heterocycles. The first-order chi connectivity index (χ1) is 6.27. The molecule has 1 aliphatic carbocycles. The molecule has 0 aromatic rings. The lowest BCUT2D eigenvalue weighted by Crippen LogP contribution is -2.28. The van der Waals surface area contributed by atoms with Crippen LogP contribution in [0.1, 0.15) is 19.8 Å². The summed E-state index contributed by atoms with van der Waals surface area (Å²) >= 11 is 1.38. The zero-order chi connectivity index (χ0) is 9.26. The van der Waals surface area contributed by atoms with E-state index in [2.05, 4.69) is 15.8 Å². The average molecular weight is 194 g/mol. The highest BCUT2D eigenvalue weighted by Gasteiger charge is 2.20. The number of carbonyl (C=O) groups excluding carboxylic acids is 1. The first-order valence-electron chi connectivity index (χ1n) is 4.21. The van der Waals surface area contributed by atoms with Crippen LogP contribution in [0.3, 0.4) is 0 Å². The molecule has 1 heterocycles. The van der Waals surface area contributed by atoms with Gasteiger partial charge in [0.1, 0.15) is 5.84 Å². The van der Waals surface area contributed by atoms with Gasteiger partial charge in [0.15, 0.2) is 0 Å². The Morgan fingerprint density at radius 1 is 1.46 bits per heavy atom. The Morgan fingerprint density at radius 3 is 3.08 bits per heavy atom. The second kappa shape index (κ2) is 3.38. The van der Waals surface area contributed by atoms with Crippen LogP contribution in [0.5, 0.6) is 0 Å². The molecule has 1 amide bonds. The molecule has 0 radical (unpaired) electrons. The number of allylic oxidation sites excluding steroid dienone is 2. The number of rotatable bonds is 0. The van der Waals surface area contributed by atoms with E-state index in [1.165, 1.54) is 11.9 Å². The average Bonchev–Trinajstić information content (AvgIpc) is 2.27. The molecule has 13 heavy (non-hydrogen) atoms. The van der Waals surface area contributed by atoms with Crippen molar-refractivity contribution in [1.82, 2.24) is 5.32 Å². The topological polar surface area (TPSA) is 41.5 Å². The SMILES string of the molecule is CC1=NSC2=CCCC=C2C(=O)N1. The molecule has 0 saturated carbocycles. The van der Waals surface area contributed by atoms with Crippen LogP contribution in [0.2, 0.25) is 0 Å². The van der Waals surface area contributed by atoms with Crippen molar-refractivity contribution in [3.8, 4) is 0 Å². The number of hydrogen-bond donors (Lipinski definition) is 1. The predicted molar refractivity (Wildman–Crippen MR) is 54.2 cm³/mol. The maximum atomic E-state index is 11.5. The minimum Gasteiger partial charge on any atom is -0.310 e. The second-order valence-corrected chi connectivity index (χ2v) is 3.79. The maximum Gasteiger partial charge on any atom is 0.257 e. The van der Waals surface area contributed by atoms with Gasteiger partial charge in [-0.25, -0.2) is 0 Å². The molecule has 68 valence electrons. The van der Waals surface area contributed by atoms with Crippen LogP contribution >= 0.6 is 11.9 Å². The Kier molecular flexibility index (Phi) is 2.22. The number of hydrogen-bond acceptors (Lipinski definition) is 3. The summed E-state index contributed by atoms with van der Waals surface area (Å²) in [7, 11) is 0. The number of fused-ring (bicyclic) bond motifs is 1. The number of carbonyl (C=O) groups is 1. The summed E-state index contributed by atoms with van der Waals surface area (Å²) in [4.78, 5) is 12.5. The summed E-state index contributed by atoms with van der Waals surface area (Å²) in [6.07, 6.45) is 6.01. The van der Waals surface area contributed by atoms with E-state index in [1.807, 2.05) is 6.08 Å². The van der Waals surface area contributed by atoms with Crippen LogP contribution in [0, 0.1) is 0 Å². The molecule has 0 spiro atoms. The van der Waals surface area contributed by atoms with E-state index in [1.54, 1.807) is 6.92 Å². The molecule has 2 rings (SSSR count). The number of amidine groups is 1. The Bertz CT molecular complexity index is 342. The van der Waals surface area contributed by atoms with E-state index >= 15 is 0 Å². The van der Waals surface area contributed by atoms with E-state index in [-0.39, 0.29) is 5.91 Å². The van der Waals surface area contributed by atoms with Gasteiger partial charge in [0, 0.05) is 16.9 Å². The Morgan fingerprint density at radius 2 is 2.23 bits per heavy atom. The molecule has 2 aliphatic rings. The lowest BCUT2D eigenvalue weighted by molar-refractivity contribution is -0.115. The molecule has 1 aliphatic heterocycles. The first kappa shape index (κ1) is 8.56. The summed E-state index contributed by atoms with van der Waals surface area (Å²) in [5, 5.41) is 2.72. The van der Waals surface area contributed by atoms with E-state index in [4.69, 9.17) is 0 Å². The Labute approximate surface area is 81.1 Å². The number of nitrogens with one attached hydrogen (secondary N) is 1. The van der Waals surface area contributed by atoms with Gasteiger partial charge in [-0.3, -0.25) is 4.79 Å². The minimum absolute atomic E-state index is 0.0304. The molecular formula is C9H10N2OS. The first-order valence-corrected chi connectivity index (χ1v) is 4.98. The van der Waals surface area contributed by atoms with Crippen molar-refractivity contribution in [2.45, 2.75) is 19.8 Å². The van der Waals surface area contributed by atoms with Crippen molar-refractivity contribution >= 4 is 23.7 Å². The zero-order valence-corrected chi connectivity index (χ0v) is 8.15. The highest BCUT2D eigenvalue weighted by Crippen LogP contribution is 2.31. The summed E-state index contributed by atoms with van der Waals surface area (Å²) in [5.41, 5.74) is 0.775. The van der Waals surface area contributed by atoms with Crippen LogP contribution in [0.4, 0.5) is 0 Å². The van der Waals surface area contributed by atoms with Gasteiger partial charge < -0.3 is 5.32 Å². The number of amides is 1. The van der Waals surface area contributed by atoms with Gasteiger partial charge in [-0.2, -0.15) is 4.40 Å². The van der Waals surface area contributed by atoms with Crippen molar-refractivity contribution in [3.63, 3.8) is 0 Å². The largest absolute Gasteiger partial charge is 0.310 e. The van der Waals surface area contributed by atoms with Gasteiger partial charge in [-0.05, 0) is 19.8 Å². The molecular weight excluding hydrogens is 184 g/mol. The van der Waals surface area contributed by atoms with Crippen molar-refractivity contribution in [2.75, 3.05) is 0 Å².